The van der Waals surface area contributed by atoms with Gasteiger partial charge in [0.25, 0.3) is 0 Å². The first-order valence-corrected chi connectivity index (χ1v) is 1.37. The minimum atomic E-state index is -4.25. The van der Waals surface area contributed by atoms with E-state index in [1.807, 2.05) is 0 Å². The quantitative estimate of drug-likeness (QED) is 0.499. The molecule has 0 saturated heterocycles. The van der Waals surface area contributed by atoms with Crippen molar-refractivity contribution in [3.8, 4) is 0 Å². The van der Waals surface area contributed by atoms with Crippen LogP contribution in [-0.2, 0) is 0 Å². The number of rotatable bonds is 0. The summed E-state index contributed by atoms with van der Waals surface area (Å²) in [5.41, 5.74) is 0. The van der Waals surface area contributed by atoms with E-state index >= 15 is 0 Å². The first-order valence-electron chi connectivity index (χ1n) is 1.37. The molecule has 4 heteroatoms. The van der Waals surface area contributed by atoms with Gasteiger partial charge in [-0.05, 0) is 0 Å². The Balaban J connectivity index is 0. The van der Waals surface area contributed by atoms with Crippen molar-refractivity contribution in [2.45, 2.75) is 6.18 Å². The van der Waals surface area contributed by atoms with Gasteiger partial charge in [-0.1, -0.05) is 0 Å². The zero-order valence-corrected chi connectivity index (χ0v) is 3.79. The SMILES string of the molecule is CO.[CH2]C(F)(F)F. The second-order valence-corrected chi connectivity index (χ2v) is 0.615. The van der Waals surface area contributed by atoms with E-state index in [1.54, 1.807) is 6.92 Å². The van der Waals surface area contributed by atoms with Crippen LogP contribution < -0.4 is 0 Å². The van der Waals surface area contributed by atoms with Crippen molar-refractivity contribution in [2.24, 2.45) is 0 Å². The van der Waals surface area contributed by atoms with E-state index in [0.29, 0.717) is 0 Å². The van der Waals surface area contributed by atoms with E-state index in [4.69, 9.17) is 5.11 Å². The Morgan fingerprint density at radius 2 is 1.29 bits per heavy atom. The highest BCUT2D eigenvalue weighted by molar-refractivity contribution is 4.45. The molecule has 0 saturated carbocycles. The number of hydrogen-bond acceptors (Lipinski definition) is 1. The van der Waals surface area contributed by atoms with E-state index in [2.05, 4.69) is 0 Å². The van der Waals surface area contributed by atoms with Crippen molar-refractivity contribution in [3.63, 3.8) is 0 Å². The molecule has 0 heterocycles. The maximum Gasteiger partial charge on any atom is 0.389 e. The van der Waals surface area contributed by atoms with Crippen LogP contribution in [0.2, 0.25) is 0 Å². The normalized spacial score (nSPS) is 9.43. The summed E-state index contributed by atoms with van der Waals surface area (Å²) >= 11 is 0. The van der Waals surface area contributed by atoms with Gasteiger partial charge in [0.15, 0.2) is 0 Å². The third-order valence-corrected chi connectivity index (χ3v) is 0. The summed E-state index contributed by atoms with van der Waals surface area (Å²) in [5.74, 6) is 0. The van der Waals surface area contributed by atoms with Gasteiger partial charge in [0, 0.05) is 7.11 Å². The van der Waals surface area contributed by atoms with Gasteiger partial charge in [0.2, 0.25) is 0 Å². The van der Waals surface area contributed by atoms with Crippen LogP contribution in [0, 0.1) is 6.92 Å². The average Bonchev–Trinajstić information content (AvgIpc) is 1.36. The first kappa shape index (κ1) is 9.89. The number of aliphatic hydroxyl groups excluding tert-OH is 1. The number of hydrogen-bond donors (Lipinski definition) is 1. The molecule has 0 unspecified atom stereocenters. The second-order valence-electron chi connectivity index (χ2n) is 0.615. The van der Waals surface area contributed by atoms with E-state index in [1.165, 1.54) is 0 Å². The fourth-order valence-electron chi connectivity index (χ4n) is 0. The van der Waals surface area contributed by atoms with Crippen molar-refractivity contribution >= 4 is 0 Å². The summed E-state index contributed by atoms with van der Waals surface area (Å²) in [7, 11) is 1.00. The molecule has 1 N–H and O–H groups in total. The average molecular weight is 115 g/mol. The van der Waals surface area contributed by atoms with Crippen molar-refractivity contribution in [2.75, 3.05) is 7.11 Å². The topological polar surface area (TPSA) is 20.2 Å². The highest BCUT2D eigenvalue weighted by Crippen LogP contribution is 2.09. The van der Waals surface area contributed by atoms with Crippen LogP contribution in [0.5, 0.6) is 0 Å². The number of aliphatic hydroxyl groups is 1. The van der Waals surface area contributed by atoms with Crippen LogP contribution >= 0.6 is 0 Å². The van der Waals surface area contributed by atoms with Gasteiger partial charge in [-0.15, -0.1) is 0 Å². The van der Waals surface area contributed by atoms with E-state index < -0.39 is 6.18 Å². The Labute approximate surface area is 39.8 Å². The maximum atomic E-state index is 10.2. The molecule has 0 atom stereocenters. The van der Waals surface area contributed by atoms with Crippen molar-refractivity contribution < 1.29 is 18.3 Å². The minimum Gasteiger partial charge on any atom is -0.400 e. The maximum absolute atomic E-state index is 10.2. The Hall–Kier alpha value is -0.250. The summed E-state index contributed by atoms with van der Waals surface area (Å²) in [4.78, 5) is 0. The van der Waals surface area contributed by atoms with Crippen molar-refractivity contribution in [3.05, 3.63) is 6.92 Å². The monoisotopic (exact) mass is 115 g/mol. The number of halogens is 3. The molecule has 0 rings (SSSR count). The third kappa shape index (κ3) is 1290. The van der Waals surface area contributed by atoms with Crippen LogP contribution in [0.4, 0.5) is 13.2 Å². The Kier molecular flexibility index (Phi) is 5.54. The lowest BCUT2D eigenvalue weighted by molar-refractivity contribution is -0.0829. The standard InChI is InChI=1S/C2H2F3.CH4O/c1-2(3,4)5;1-2/h1H2;2H,1H3. The van der Waals surface area contributed by atoms with Gasteiger partial charge in [0.05, 0.1) is 6.92 Å². The molecule has 0 aromatic carbocycles. The Morgan fingerprint density at radius 1 is 1.29 bits per heavy atom. The molecule has 0 aliphatic heterocycles. The molecule has 0 spiro atoms. The molecule has 1 nitrogen and oxygen atoms in total. The summed E-state index contributed by atoms with van der Waals surface area (Å²) in [6.07, 6.45) is -4.25. The highest BCUT2D eigenvalue weighted by atomic mass is 19.4. The Bertz CT molecular complexity index is 25.7. The molecular weight excluding hydrogens is 109 g/mol. The fraction of sp³-hybridized carbons (Fsp3) is 0.667. The predicted octanol–water partition coefficient (Wildman–Crippen LogP) is 0.991. The molecule has 0 bridgehead atoms. The molecule has 0 aromatic rings. The lowest BCUT2D eigenvalue weighted by atomic mass is 10.8. The van der Waals surface area contributed by atoms with E-state index in [0.717, 1.165) is 7.11 Å². The van der Waals surface area contributed by atoms with Crippen LogP contribution in [0.3, 0.4) is 0 Å². The fourth-order valence-corrected chi connectivity index (χ4v) is 0. The minimum absolute atomic E-state index is 1.00. The molecule has 45 valence electrons. The molecule has 1 radical (unpaired) electrons. The van der Waals surface area contributed by atoms with Gasteiger partial charge in [-0.2, -0.15) is 13.2 Å². The van der Waals surface area contributed by atoms with Gasteiger partial charge < -0.3 is 5.11 Å². The van der Waals surface area contributed by atoms with E-state index in [9.17, 15) is 13.2 Å². The molecule has 0 aliphatic carbocycles. The largest absolute Gasteiger partial charge is 0.400 e. The van der Waals surface area contributed by atoms with Gasteiger partial charge in [0.1, 0.15) is 0 Å². The summed E-state index contributed by atoms with van der Waals surface area (Å²) in [6, 6.07) is 0. The summed E-state index contributed by atoms with van der Waals surface area (Å²) in [6.45, 7) is 1.77. The molecule has 0 fully saturated rings. The van der Waals surface area contributed by atoms with Gasteiger partial charge in [-0.3, -0.25) is 0 Å². The van der Waals surface area contributed by atoms with E-state index in [-0.39, 0.29) is 0 Å². The smallest absolute Gasteiger partial charge is 0.389 e. The third-order valence-electron chi connectivity index (χ3n) is 0. The van der Waals surface area contributed by atoms with Gasteiger partial charge in [-0.25, -0.2) is 0 Å². The van der Waals surface area contributed by atoms with Crippen LogP contribution in [0.1, 0.15) is 0 Å². The first-order chi connectivity index (χ1) is 3.00. The lowest BCUT2D eigenvalue weighted by Gasteiger charge is -1.88. The van der Waals surface area contributed by atoms with Crippen molar-refractivity contribution in [1.82, 2.24) is 0 Å². The predicted molar refractivity (Wildman–Crippen MR) is 19.6 cm³/mol. The second kappa shape index (κ2) is 3.92. The number of alkyl halides is 3. The van der Waals surface area contributed by atoms with Crippen LogP contribution in [0.25, 0.3) is 0 Å². The molecule has 0 aliphatic rings. The zero-order chi connectivity index (χ0) is 6.50. The van der Waals surface area contributed by atoms with Crippen LogP contribution in [0.15, 0.2) is 0 Å². The lowest BCUT2D eigenvalue weighted by Crippen LogP contribution is -1.96. The zero-order valence-electron chi connectivity index (χ0n) is 3.79. The Morgan fingerprint density at radius 3 is 1.29 bits per heavy atom. The molecule has 0 aromatic heterocycles. The van der Waals surface area contributed by atoms with Gasteiger partial charge >= 0.3 is 6.18 Å². The molecule has 0 amide bonds. The summed E-state index contributed by atoms with van der Waals surface area (Å²) in [5, 5.41) is 7.00. The van der Waals surface area contributed by atoms with Crippen LogP contribution in [-0.4, -0.2) is 18.4 Å². The van der Waals surface area contributed by atoms with Crippen molar-refractivity contribution in [1.29, 1.82) is 0 Å². The summed E-state index contributed by atoms with van der Waals surface area (Å²) < 4.78 is 30.7. The molecule has 7 heavy (non-hydrogen) atoms. The highest BCUT2D eigenvalue weighted by Gasteiger charge is 2.16. The molecular formula is C3H6F3O.